The van der Waals surface area contributed by atoms with Crippen LogP contribution in [0.25, 0.3) is 55.6 Å². The Hall–Kier alpha value is -8.20. The summed E-state index contributed by atoms with van der Waals surface area (Å²) in [6.07, 6.45) is 0. The van der Waals surface area contributed by atoms with Crippen molar-refractivity contribution in [3.05, 3.63) is 264 Å². The van der Waals surface area contributed by atoms with Gasteiger partial charge in [0.15, 0.2) is 0 Å². The van der Waals surface area contributed by atoms with Crippen LogP contribution in [0.3, 0.4) is 0 Å². The van der Waals surface area contributed by atoms with Gasteiger partial charge in [0.1, 0.15) is 0 Å². The van der Waals surface area contributed by atoms with Gasteiger partial charge >= 0.3 is 0 Å². The predicted octanol–water partition coefficient (Wildman–Crippen LogP) is 18.9. The van der Waals surface area contributed by atoms with E-state index in [-0.39, 0.29) is 16.2 Å². The molecule has 0 aliphatic heterocycles. The van der Waals surface area contributed by atoms with Crippen LogP contribution in [0.4, 0.5) is 34.1 Å². The van der Waals surface area contributed by atoms with Crippen LogP contribution in [0.15, 0.2) is 231 Å². The molecule has 0 fully saturated rings. The van der Waals surface area contributed by atoms with Crippen molar-refractivity contribution in [2.45, 2.75) is 57.8 Å². The monoisotopic (exact) mass is 912 g/mol. The largest absolute Gasteiger partial charge is 0.310 e. The molecule has 2 nitrogen and oxygen atoms in total. The molecule has 0 saturated heterocycles. The fourth-order valence-electron chi connectivity index (χ4n) is 12.6. The summed E-state index contributed by atoms with van der Waals surface area (Å²) in [4.78, 5) is 4.98. The Bertz CT molecular complexity index is 3730. The highest BCUT2D eigenvalue weighted by molar-refractivity contribution is 5.99. The fourth-order valence-corrected chi connectivity index (χ4v) is 12.6. The van der Waals surface area contributed by atoms with Gasteiger partial charge in [-0.15, -0.1) is 0 Å². The van der Waals surface area contributed by atoms with Crippen molar-refractivity contribution >= 4 is 34.1 Å². The summed E-state index contributed by atoms with van der Waals surface area (Å²) >= 11 is 0. The lowest BCUT2D eigenvalue weighted by atomic mass is 9.79. The second-order valence-electron chi connectivity index (χ2n) is 21.3. The van der Waals surface area contributed by atoms with Gasteiger partial charge in [-0.3, -0.25) is 0 Å². The van der Waals surface area contributed by atoms with Crippen LogP contribution in [0.5, 0.6) is 0 Å². The topological polar surface area (TPSA) is 6.48 Å². The summed E-state index contributed by atoms with van der Waals surface area (Å²) in [6, 6.07) is 85.8. The molecule has 0 saturated carbocycles. The van der Waals surface area contributed by atoms with Crippen molar-refractivity contribution in [2.24, 2.45) is 0 Å². The molecule has 13 rings (SSSR count). The fraction of sp³-hybridized carbons (Fsp3) is 0.130. The van der Waals surface area contributed by atoms with Crippen molar-refractivity contribution in [2.75, 3.05) is 9.80 Å². The smallest absolute Gasteiger partial charge is 0.0543 e. The zero-order chi connectivity index (χ0) is 48.2. The van der Waals surface area contributed by atoms with Crippen LogP contribution in [0.1, 0.15) is 74.9 Å². The summed E-state index contributed by atoms with van der Waals surface area (Å²) in [5, 5.41) is 0. The van der Waals surface area contributed by atoms with E-state index >= 15 is 0 Å². The van der Waals surface area contributed by atoms with Crippen LogP contribution in [0, 0.1) is 0 Å². The van der Waals surface area contributed by atoms with E-state index < -0.39 is 0 Å². The third-order valence-corrected chi connectivity index (χ3v) is 16.2. The highest BCUT2D eigenvalue weighted by Crippen LogP contribution is 2.60. The lowest BCUT2D eigenvalue weighted by Gasteiger charge is -2.30. The molecular formula is C69H56N2. The van der Waals surface area contributed by atoms with Crippen LogP contribution in [-0.2, 0) is 16.2 Å². The first-order chi connectivity index (χ1) is 34.5. The molecule has 0 bridgehead atoms. The Morgan fingerprint density at radius 3 is 1.37 bits per heavy atom. The van der Waals surface area contributed by atoms with Gasteiger partial charge in [-0.25, -0.2) is 0 Å². The lowest BCUT2D eigenvalue weighted by molar-refractivity contribution is 0.652. The predicted molar refractivity (Wildman–Crippen MR) is 299 cm³/mol. The number of para-hydroxylation sites is 2. The first kappa shape index (κ1) is 42.9. The Balaban J connectivity index is 0.961. The summed E-state index contributed by atoms with van der Waals surface area (Å²) < 4.78 is 0. The van der Waals surface area contributed by atoms with Crippen molar-refractivity contribution in [1.82, 2.24) is 0 Å². The van der Waals surface area contributed by atoms with Gasteiger partial charge < -0.3 is 9.80 Å². The van der Waals surface area contributed by atoms with E-state index in [9.17, 15) is 0 Å². The van der Waals surface area contributed by atoms with Crippen molar-refractivity contribution in [1.29, 1.82) is 0 Å². The molecule has 2 heteroatoms. The summed E-state index contributed by atoms with van der Waals surface area (Å²) in [7, 11) is 0. The van der Waals surface area contributed by atoms with E-state index in [0.717, 1.165) is 22.7 Å². The van der Waals surface area contributed by atoms with Gasteiger partial charge in [-0.1, -0.05) is 199 Å². The maximum absolute atomic E-state index is 2.57. The molecule has 0 heterocycles. The molecule has 0 unspecified atom stereocenters. The second-order valence-corrected chi connectivity index (χ2v) is 21.3. The number of fused-ring (bicyclic) bond motifs is 9. The number of hydrogen-bond acceptors (Lipinski definition) is 2. The molecule has 10 aromatic rings. The van der Waals surface area contributed by atoms with Crippen LogP contribution < -0.4 is 9.80 Å². The minimum atomic E-state index is -0.284. The van der Waals surface area contributed by atoms with Crippen molar-refractivity contribution < 1.29 is 0 Å². The Kier molecular flexibility index (Phi) is 9.61. The normalized spacial score (nSPS) is 14.7. The van der Waals surface area contributed by atoms with Crippen LogP contribution in [-0.4, -0.2) is 0 Å². The van der Waals surface area contributed by atoms with Gasteiger partial charge in [0, 0.05) is 50.1 Å². The number of nitrogens with zero attached hydrogens (tertiary/aromatic N) is 2. The van der Waals surface area contributed by atoms with Crippen LogP contribution in [0.2, 0.25) is 0 Å². The molecule has 71 heavy (non-hydrogen) atoms. The zero-order valence-electron chi connectivity index (χ0n) is 41.3. The van der Waals surface area contributed by atoms with Crippen LogP contribution >= 0.6 is 0 Å². The summed E-state index contributed by atoms with van der Waals surface area (Å²) in [6.45, 7) is 14.5. The first-order valence-electron chi connectivity index (χ1n) is 25.2. The second kappa shape index (κ2) is 15.9. The van der Waals surface area contributed by atoms with E-state index in [4.69, 9.17) is 0 Å². The standard InChI is InChI=1S/C69H56N2/c1-67(2)58-32-18-16-31-53(58)54-38-36-50(41-60(54)67)70(48-27-14-9-15-28-48)65-35-21-33-59-66(65)57-44-62-56(43-63(57)68(59,3)4)55-39-37-51(42-61(55)69(62,5)6)71(49-29-20-26-47(40-49)45-22-10-7-11-23-45)64-34-19-17-30-52(64)46-24-12-8-13-25-46/h7-44H,1-6H3. The third-order valence-electron chi connectivity index (χ3n) is 16.2. The average molecular weight is 913 g/mol. The van der Waals surface area contributed by atoms with Crippen molar-refractivity contribution in [3.8, 4) is 55.6 Å². The number of anilines is 6. The highest BCUT2D eigenvalue weighted by atomic mass is 15.2. The first-order valence-corrected chi connectivity index (χ1v) is 25.2. The van der Waals surface area contributed by atoms with E-state index in [1.807, 2.05) is 0 Å². The molecule has 0 radical (unpaired) electrons. The molecule has 10 aromatic carbocycles. The minimum absolute atomic E-state index is 0.118. The van der Waals surface area contributed by atoms with Gasteiger partial charge in [0.25, 0.3) is 0 Å². The highest BCUT2D eigenvalue weighted by Gasteiger charge is 2.44. The Labute approximate surface area is 419 Å². The number of benzene rings is 10. The maximum Gasteiger partial charge on any atom is 0.0543 e. The molecule has 0 spiro atoms. The lowest BCUT2D eigenvalue weighted by Crippen LogP contribution is -2.18. The summed E-state index contributed by atoms with van der Waals surface area (Å²) in [5.41, 5.74) is 27.2. The minimum Gasteiger partial charge on any atom is -0.310 e. The van der Waals surface area contributed by atoms with E-state index in [1.165, 1.54) is 100 Å². The van der Waals surface area contributed by atoms with Gasteiger partial charge in [0.2, 0.25) is 0 Å². The molecule has 0 aromatic heterocycles. The van der Waals surface area contributed by atoms with E-state index in [0.29, 0.717) is 0 Å². The third kappa shape index (κ3) is 6.54. The molecule has 0 amide bonds. The van der Waals surface area contributed by atoms with E-state index in [1.54, 1.807) is 0 Å². The molecule has 3 aliphatic carbocycles. The maximum atomic E-state index is 2.57. The molecule has 342 valence electrons. The van der Waals surface area contributed by atoms with Gasteiger partial charge in [-0.05, 0) is 151 Å². The quantitative estimate of drug-likeness (QED) is 0.150. The van der Waals surface area contributed by atoms with Gasteiger partial charge in [0.05, 0.1) is 11.4 Å². The Morgan fingerprint density at radius 2 is 0.662 bits per heavy atom. The number of hydrogen-bond donors (Lipinski definition) is 0. The number of rotatable bonds is 8. The summed E-state index contributed by atoms with van der Waals surface area (Å²) in [5.74, 6) is 0. The van der Waals surface area contributed by atoms with Crippen molar-refractivity contribution in [3.63, 3.8) is 0 Å². The zero-order valence-corrected chi connectivity index (χ0v) is 41.3. The SMILES string of the molecule is CC1(C)c2ccccc2-c2ccc(N(c3ccccc3)c3cccc4c3-c3cc5c(cc3C4(C)C)-c3ccc(N(c4cccc(-c6ccccc6)c4)c4ccccc4-c4ccccc4)cc3C5(C)C)cc21. The van der Waals surface area contributed by atoms with E-state index in [2.05, 4.69) is 282 Å². The average Bonchev–Trinajstić information content (AvgIpc) is 3.89. The van der Waals surface area contributed by atoms with Gasteiger partial charge in [-0.2, -0.15) is 0 Å². The molecule has 0 atom stereocenters. The molecule has 0 N–H and O–H groups in total. The Morgan fingerprint density at radius 1 is 0.239 bits per heavy atom. The molecular weight excluding hydrogens is 857 g/mol. The molecule has 3 aliphatic rings.